The van der Waals surface area contributed by atoms with Crippen LogP contribution in [0.3, 0.4) is 0 Å². The molecule has 2 rings (SSSR count). The lowest BCUT2D eigenvalue weighted by Gasteiger charge is -2.35. The van der Waals surface area contributed by atoms with Crippen molar-refractivity contribution in [3.63, 3.8) is 0 Å². The van der Waals surface area contributed by atoms with E-state index in [-0.39, 0.29) is 0 Å². The minimum absolute atomic E-state index is 0.638. The van der Waals surface area contributed by atoms with Crippen LogP contribution < -0.4 is 5.32 Å². The molecular formula is C19H31N. The average Bonchev–Trinajstić information content (AvgIpc) is 2.48. The van der Waals surface area contributed by atoms with Crippen molar-refractivity contribution in [2.45, 2.75) is 77.3 Å². The lowest BCUT2D eigenvalue weighted by atomic mass is 9.79. The SMILES string of the molecule is CCC(C)CC(C)NC1CCCCC1c1ccccc1. The summed E-state index contributed by atoms with van der Waals surface area (Å²) in [7, 11) is 0. The lowest BCUT2D eigenvalue weighted by molar-refractivity contribution is 0.285. The molecule has 0 saturated heterocycles. The number of nitrogens with one attached hydrogen (secondary N) is 1. The summed E-state index contributed by atoms with van der Waals surface area (Å²) in [5, 5.41) is 3.93. The number of rotatable bonds is 6. The van der Waals surface area contributed by atoms with Crippen LogP contribution in [-0.2, 0) is 0 Å². The minimum Gasteiger partial charge on any atom is -0.311 e. The molecule has 0 bridgehead atoms. The Bertz CT molecular complexity index is 373. The zero-order chi connectivity index (χ0) is 14.4. The number of benzene rings is 1. The average molecular weight is 273 g/mol. The van der Waals surface area contributed by atoms with Gasteiger partial charge >= 0.3 is 0 Å². The second-order valence-corrected chi connectivity index (χ2v) is 6.72. The van der Waals surface area contributed by atoms with Crippen molar-refractivity contribution in [2.24, 2.45) is 5.92 Å². The molecule has 0 aliphatic heterocycles. The van der Waals surface area contributed by atoms with E-state index in [1.165, 1.54) is 44.1 Å². The van der Waals surface area contributed by atoms with Gasteiger partial charge in [-0.05, 0) is 43.6 Å². The fraction of sp³-hybridized carbons (Fsp3) is 0.684. The summed E-state index contributed by atoms with van der Waals surface area (Å²) in [6.45, 7) is 7.03. The van der Waals surface area contributed by atoms with Gasteiger partial charge in [0.05, 0.1) is 0 Å². The molecule has 1 N–H and O–H groups in total. The van der Waals surface area contributed by atoms with Crippen LogP contribution in [0.4, 0.5) is 0 Å². The molecule has 0 heterocycles. The summed E-state index contributed by atoms with van der Waals surface area (Å²) in [4.78, 5) is 0. The molecule has 0 amide bonds. The predicted octanol–water partition coefficient (Wildman–Crippen LogP) is 5.13. The fourth-order valence-corrected chi connectivity index (χ4v) is 3.63. The molecule has 4 atom stereocenters. The van der Waals surface area contributed by atoms with Gasteiger partial charge in [0.1, 0.15) is 0 Å². The highest BCUT2D eigenvalue weighted by Crippen LogP contribution is 2.33. The highest BCUT2D eigenvalue weighted by Gasteiger charge is 2.27. The van der Waals surface area contributed by atoms with Crippen LogP contribution in [0.1, 0.15) is 70.8 Å². The highest BCUT2D eigenvalue weighted by molar-refractivity contribution is 5.22. The zero-order valence-corrected chi connectivity index (χ0v) is 13.4. The standard InChI is InChI=1S/C19H31N/c1-4-15(2)14-16(3)20-19-13-9-8-12-18(19)17-10-6-5-7-11-17/h5-7,10-11,15-16,18-20H,4,8-9,12-14H2,1-3H3. The van der Waals surface area contributed by atoms with Crippen LogP contribution in [0.2, 0.25) is 0 Å². The first-order valence-electron chi connectivity index (χ1n) is 8.51. The Morgan fingerprint density at radius 1 is 1.10 bits per heavy atom. The molecule has 0 spiro atoms. The first-order chi connectivity index (χ1) is 9.70. The molecule has 1 aliphatic carbocycles. The number of hydrogen-bond acceptors (Lipinski definition) is 1. The summed E-state index contributed by atoms with van der Waals surface area (Å²) in [6, 6.07) is 12.4. The molecule has 0 aromatic heterocycles. The van der Waals surface area contributed by atoms with Gasteiger partial charge in [0.15, 0.2) is 0 Å². The van der Waals surface area contributed by atoms with Crippen molar-refractivity contribution in [1.82, 2.24) is 5.32 Å². The topological polar surface area (TPSA) is 12.0 Å². The van der Waals surface area contributed by atoms with Crippen molar-refractivity contribution in [3.05, 3.63) is 35.9 Å². The summed E-state index contributed by atoms with van der Waals surface area (Å²) in [5.41, 5.74) is 1.53. The molecule has 1 aromatic rings. The Labute approximate surface area is 125 Å². The molecule has 1 aliphatic rings. The van der Waals surface area contributed by atoms with Gasteiger partial charge in [0.2, 0.25) is 0 Å². The summed E-state index contributed by atoms with van der Waals surface area (Å²) < 4.78 is 0. The van der Waals surface area contributed by atoms with Crippen LogP contribution in [0.15, 0.2) is 30.3 Å². The maximum absolute atomic E-state index is 3.93. The molecule has 1 fully saturated rings. The van der Waals surface area contributed by atoms with E-state index in [1.54, 1.807) is 0 Å². The van der Waals surface area contributed by atoms with Crippen molar-refractivity contribution < 1.29 is 0 Å². The molecule has 4 unspecified atom stereocenters. The van der Waals surface area contributed by atoms with Gasteiger partial charge in [-0.1, -0.05) is 63.4 Å². The van der Waals surface area contributed by atoms with Gasteiger partial charge < -0.3 is 5.32 Å². The van der Waals surface area contributed by atoms with E-state index in [0.717, 1.165) is 5.92 Å². The summed E-state index contributed by atoms with van der Waals surface area (Å²) >= 11 is 0. The molecule has 112 valence electrons. The van der Waals surface area contributed by atoms with Crippen LogP contribution >= 0.6 is 0 Å². The predicted molar refractivity (Wildman–Crippen MR) is 88.1 cm³/mol. The van der Waals surface area contributed by atoms with Crippen molar-refractivity contribution in [3.8, 4) is 0 Å². The molecule has 0 radical (unpaired) electrons. The van der Waals surface area contributed by atoms with Crippen molar-refractivity contribution in [1.29, 1.82) is 0 Å². The van der Waals surface area contributed by atoms with E-state index in [9.17, 15) is 0 Å². The second kappa shape index (κ2) is 7.83. The third-order valence-corrected chi connectivity index (χ3v) is 4.95. The molecule has 1 saturated carbocycles. The Kier molecular flexibility index (Phi) is 6.09. The maximum atomic E-state index is 3.93. The Morgan fingerprint density at radius 3 is 2.50 bits per heavy atom. The molecule has 1 heteroatoms. The normalized spacial score (nSPS) is 26.1. The molecule has 1 nitrogen and oxygen atoms in total. The van der Waals surface area contributed by atoms with Crippen LogP contribution in [-0.4, -0.2) is 12.1 Å². The Balaban J connectivity index is 1.97. The fourth-order valence-electron chi connectivity index (χ4n) is 3.63. The van der Waals surface area contributed by atoms with E-state index < -0.39 is 0 Å². The van der Waals surface area contributed by atoms with Crippen molar-refractivity contribution in [2.75, 3.05) is 0 Å². The number of hydrogen-bond donors (Lipinski definition) is 1. The van der Waals surface area contributed by atoms with E-state index >= 15 is 0 Å². The van der Waals surface area contributed by atoms with Gasteiger partial charge in [0, 0.05) is 12.1 Å². The smallest absolute Gasteiger partial charge is 0.0138 e. The minimum atomic E-state index is 0.638. The largest absolute Gasteiger partial charge is 0.311 e. The maximum Gasteiger partial charge on any atom is 0.0138 e. The lowest BCUT2D eigenvalue weighted by Crippen LogP contribution is -2.42. The van der Waals surface area contributed by atoms with Gasteiger partial charge in [-0.25, -0.2) is 0 Å². The van der Waals surface area contributed by atoms with Crippen molar-refractivity contribution >= 4 is 0 Å². The molecular weight excluding hydrogens is 242 g/mol. The summed E-state index contributed by atoms with van der Waals surface area (Å²) in [6.07, 6.45) is 8.05. The van der Waals surface area contributed by atoms with E-state index in [0.29, 0.717) is 18.0 Å². The third-order valence-electron chi connectivity index (χ3n) is 4.95. The van der Waals surface area contributed by atoms with E-state index in [4.69, 9.17) is 0 Å². The monoisotopic (exact) mass is 273 g/mol. The van der Waals surface area contributed by atoms with E-state index in [2.05, 4.69) is 56.4 Å². The van der Waals surface area contributed by atoms with Gasteiger partial charge in [-0.3, -0.25) is 0 Å². The van der Waals surface area contributed by atoms with Crippen LogP contribution in [0.5, 0.6) is 0 Å². The van der Waals surface area contributed by atoms with Gasteiger partial charge in [-0.15, -0.1) is 0 Å². The zero-order valence-electron chi connectivity index (χ0n) is 13.4. The van der Waals surface area contributed by atoms with Crippen LogP contribution in [0, 0.1) is 5.92 Å². The quantitative estimate of drug-likeness (QED) is 0.758. The first-order valence-corrected chi connectivity index (χ1v) is 8.51. The Morgan fingerprint density at radius 2 is 1.80 bits per heavy atom. The van der Waals surface area contributed by atoms with E-state index in [1.807, 2.05) is 0 Å². The first kappa shape index (κ1) is 15.6. The second-order valence-electron chi connectivity index (χ2n) is 6.72. The highest BCUT2D eigenvalue weighted by atomic mass is 15.0. The third kappa shape index (κ3) is 4.34. The molecule has 20 heavy (non-hydrogen) atoms. The Hall–Kier alpha value is -0.820. The summed E-state index contributed by atoms with van der Waals surface area (Å²) in [5.74, 6) is 1.54. The van der Waals surface area contributed by atoms with Gasteiger partial charge in [0.25, 0.3) is 0 Å². The van der Waals surface area contributed by atoms with Crippen LogP contribution in [0.25, 0.3) is 0 Å². The van der Waals surface area contributed by atoms with Gasteiger partial charge in [-0.2, -0.15) is 0 Å². The molecule has 1 aromatic carbocycles.